The lowest BCUT2D eigenvalue weighted by atomic mass is 9.97. The molecule has 4 rings (SSSR count). The third-order valence-electron chi connectivity index (χ3n) is 4.48. The second kappa shape index (κ2) is 6.60. The van der Waals surface area contributed by atoms with Crippen LogP contribution in [-0.2, 0) is 4.79 Å². The lowest BCUT2D eigenvalue weighted by molar-refractivity contribution is -0.384. The van der Waals surface area contributed by atoms with Crippen LogP contribution in [0.1, 0.15) is 10.4 Å². The molecule has 0 bridgehead atoms. The first kappa shape index (κ1) is 16.8. The molecule has 2 heterocycles. The molecule has 9 nitrogen and oxygen atoms in total. The Bertz CT molecular complexity index is 938. The molecule has 2 aliphatic rings. The predicted octanol–water partition coefficient (Wildman–Crippen LogP) is 2.03. The Morgan fingerprint density at radius 3 is 2.67 bits per heavy atom. The number of carbonyl (C=O) groups excluding carboxylic acids is 2. The summed E-state index contributed by atoms with van der Waals surface area (Å²) in [5.74, 6) is 0.311. The van der Waals surface area contributed by atoms with Gasteiger partial charge in [-0.15, -0.1) is 0 Å². The Labute approximate surface area is 153 Å². The Balaban J connectivity index is 1.35. The topological polar surface area (TPSA) is 111 Å². The van der Waals surface area contributed by atoms with Gasteiger partial charge in [0.15, 0.2) is 11.5 Å². The van der Waals surface area contributed by atoms with Gasteiger partial charge in [0.2, 0.25) is 12.7 Å². The second-order valence-corrected chi connectivity index (χ2v) is 6.27. The van der Waals surface area contributed by atoms with Gasteiger partial charge in [-0.1, -0.05) is 6.07 Å². The van der Waals surface area contributed by atoms with Gasteiger partial charge in [-0.2, -0.15) is 0 Å². The number of rotatable bonds is 4. The highest BCUT2D eigenvalue weighted by molar-refractivity contribution is 5.99. The molecule has 0 atom stereocenters. The molecule has 2 amide bonds. The largest absolute Gasteiger partial charge is 0.454 e. The maximum absolute atomic E-state index is 12.5. The van der Waals surface area contributed by atoms with Crippen LogP contribution < -0.4 is 14.8 Å². The van der Waals surface area contributed by atoms with Crippen LogP contribution in [-0.4, -0.2) is 41.5 Å². The van der Waals surface area contributed by atoms with Gasteiger partial charge in [0.05, 0.1) is 10.8 Å². The SMILES string of the molecule is O=C(Nc1cccc([N+](=O)[O-])c1)C1CN(C(=O)c2ccc3c(c2)OCO3)C1. The molecule has 0 aromatic heterocycles. The normalized spacial score (nSPS) is 15.2. The van der Waals surface area contributed by atoms with Crippen LogP contribution in [0.2, 0.25) is 0 Å². The van der Waals surface area contributed by atoms with Gasteiger partial charge in [0.25, 0.3) is 11.6 Å². The van der Waals surface area contributed by atoms with Crippen molar-refractivity contribution in [2.75, 3.05) is 25.2 Å². The minimum atomic E-state index is -0.523. The van der Waals surface area contributed by atoms with Crippen LogP contribution in [0.4, 0.5) is 11.4 Å². The number of nitro groups is 1. The second-order valence-electron chi connectivity index (χ2n) is 6.27. The Hall–Kier alpha value is -3.62. The van der Waals surface area contributed by atoms with Crippen LogP contribution in [0, 0.1) is 16.0 Å². The van der Waals surface area contributed by atoms with E-state index in [1.54, 1.807) is 29.2 Å². The van der Waals surface area contributed by atoms with Gasteiger partial charge in [-0.05, 0) is 24.3 Å². The molecule has 1 saturated heterocycles. The summed E-state index contributed by atoms with van der Waals surface area (Å²) in [5, 5.41) is 13.4. The fourth-order valence-electron chi connectivity index (χ4n) is 2.96. The van der Waals surface area contributed by atoms with Crippen molar-refractivity contribution in [1.82, 2.24) is 4.90 Å². The first-order valence-electron chi connectivity index (χ1n) is 8.25. The number of nitro benzene ring substituents is 1. The lowest BCUT2D eigenvalue weighted by Crippen LogP contribution is -2.54. The number of non-ortho nitro benzene ring substituents is 1. The van der Waals surface area contributed by atoms with Crippen molar-refractivity contribution in [3.63, 3.8) is 0 Å². The van der Waals surface area contributed by atoms with Crippen molar-refractivity contribution in [3.8, 4) is 11.5 Å². The van der Waals surface area contributed by atoms with Crippen LogP contribution >= 0.6 is 0 Å². The average molecular weight is 369 g/mol. The number of hydrogen-bond acceptors (Lipinski definition) is 6. The number of nitrogens with one attached hydrogen (secondary N) is 1. The van der Waals surface area contributed by atoms with Crippen molar-refractivity contribution >= 4 is 23.2 Å². The fraction of sp³-hybridized carbons (Fsp3) is 0.222. The summed E-state index contributed by atoms with van der Waals surface area (Å²) in [4.78, 5) is 36.6. The van der Waals surface area contributed by atoms with Gasteiger partial charge in [-0.25, -0.2) is 0 Å². The molecule has 0 radical (unpaired) electrons. The fourth-order valence-corrected chi connectivity index (χ4v) is 2.96. The van der Waals surface area contributed by atoms with Gasteiger partial charge >= 0.3 is 0 Å². The summed E-state index contributed by atoms with van der Waals surface area (Å²) in [7, 11) is 0. The maximum Gasteiger partial charge on any atom is 0.271 e. The predicted molar refractivity (Wildman–Crippen MR) is 93.7 cm³/mol. The van der Waals surface area contributed by atoms with E-state index in [0.717, 1.165) is 0 Å². The lowest BCUT2D eigenvalue weighted by Gasteiger charge is -2.38. The van der Waals surface area contributed by atoms with Crippen LogP contribution in [0.5, 0.6) is 11.5 Å². The molecule has 0 unspecified atom stereocenters. The molecular weight excluding hydrogens is 354 g/mol. The van der Waals surface area contributed by atoms with Gasteiger partial charge in [-0.3, -0.25) is 19.7 Å². The monoisotopic (exact) mass is 369 g/mol. The molecule has 2 aromatic carbocycles. The Morgan fingerprint density at radius 1 is 1.11 bits per heavy atom. The molecule has 1 fully saturated rings. The Kier molecular flexibility index (Phi) is 4.11. The van der Waals surface area contributed by atoms with E-state index in [1.807, 2.05) is 0 Å². The standard InChI is InChI=1S/C18H15N3O6/c22-17(19-13-2-1-3-14(7-13)21(24)25)12-8-20(9-12)18(23)11-4-5-15-16(6-11)27-10-26-15/h1-7,12H,8-10H2,(H,19,22). The molecule has 9 heteroatoms. The first-order valence-corrected chi connectivity index (χ1v) is 8.25. The zero-order chi connectivity index (χ0) is 19.0. The van der Waals surface area contributed by atoms with E-state index < -0.39 is 4.92 Å². The van der Waals surface area contributed by atoms with Gasteiger partial charge in [0, 0.05) is 36.5 Å². The zero-order valence-corrected chi connectivity index (χ0v) is 14.1. The summed E-state index contributed by atoms with van der Waals surface area (Å²) < 4.78 is 10.5. The van der Waals surface area contributed by atoms with Gasteiger partial charge in [0.1, 0.15) is 0 Å². The molecule has 2 aromatic rings. The Morgan fingerprint density at radius 2 is 1.89 bits per heavy atom. The smallest absolute Gasteiger partial charge is 0.271 e. The van der Waals surface area contributed by atoms with E-state index >= 15 is 0 Å². The molecule has 27 heavy (non-hydrogen) atoms. The number of amides is 2. The van der Waals surface area contributed by atoms with Crippen molar-refractivity contribution in [1.29, 1.82) is 0 Å². The molecular formula is C18H15N3O6. The number of hydrogen-bond donors (Lipinski definition) is 1. The third kappa shape index (κ3) is 3.26. The summed E-state index contributed by atoms with van der Waals surface area (Å²) in [5.41, 5.74) is 0.729. The maximum atomic E-state index is 12.5. The van der Waals surface area contributed by atoms with E-state index in [-0.39, 0.29) is 43.3 Å². The minimum absolute atomic E-state index is 0.0963. The minimum Gasteiger partial charge on any atom is -0.454 e. The number of benzene rings is 2. The summed E-state index contributed by atoms with van der Waals surface area (Å²) in [6, 6.07) is 10.7. The van der Waals surface area contributed by atoms with Crippen molar-refractivity contribution in [2.24, 2.45) is 5.92 Å². The summed E-state index contributed by atoms with van der Waals surface area (Å²) in [6.07, 6.45) is 0. The van der Waals surface area contributed by atoms with E-state index in [9.17, 15) is 19.7 Å². The average Bonchev–Trinajstić information content (AvgIpc) is 3.08. The van der Waals surface area contributed by atoms with Crippen molar-refractivity contribution < 1.29 is 24.0 Å². The van der Waals surface area contributed by atoms with Crippen LogP contribution in [0.3, 0.4) is 0 Å². The first-order chi connectivity index (χ1) is 13.0. The number of nitrogens with zero attached hydrogens (tertiary/aromatic N) is 2. The number of carbonyl (C=O) groups is 2. The molecule has 2 aliphatic heterocycles. The van der Waals surface area contributed by atoms with Crippen LogP contribution in [0.15, 0.2) is 42.5 Å². The number of likely N-dealkylation sites (tertiary alicyclic amines) is 1. The zero-order valence-electron chi connectivity index (χ0n) is 14.1. The van der Waals surface area contributed by atoms with Crippen molar-refractivity contribution in [2.45, 2.75) is 0 Å². The number of fused-ring (bicyclic) bond motifs is 1. The highest BCUT2D eigenvalue weighted by Crippen LogP contribution is 2.33. The molecule has 0 spiro atoms. The van der Waals surface area contributed by atoms with E-state index in [2.05, 4.69) is 5.32 Å². The molecule has 1 N–H and O–H groups in total. The number of ether oxygens (including phenoxy) is 2. The summed E-state index contributed by atoms with van der Waals surface area (Å²) >= 11 is 0. The van der Waals surface area contributed by atoms with E-state index in [0.29, 0.717) is 22.7 Å². The quantitative estimate of drug-likeness (QED) is 0.652. The van der Waals surface area contributed by atoms with Gasteiger partial charge < -0.3 is 19.7 Å². The molecule has 138 valence electrons. The van der Waals surface area contributed by atoms with E-state index in [4.69, 9.17) is 9.47 Å². The third-order valence-corrected chi connectivity index (χ3v) is 4.48. The molecule has 0 saturated carbocycles. The van der Waals surface area contributed by atoms with Crippen molar-refractivity contribution in [3.05, 3.63) is 58.1 Å². The number of anilines is 1. The highest BCUT2D eigenvalue weighted by atomic mass is 16.7. The highest BCUT2D eigenvalue weighted by Gasteiger charge is 2.36. The van der Waals surface area contributed by atoms with E-state index in [1.165, 1.54) is 18.2 Å². The van der Waals surface area contributed by atoms with Crippen LogP contribution in [0.25, 0.3) is 0 Å². The summed E-state index contributed by atoms with van der Waals surface area (Å²) in [6.45, 7) is 0.707. The molecule has 0 aliphatic carbocycles.